The monoisotopic (exact) mass is 252 g/mol. The molecule has 0 saturated heterocycles. The number of fused-ring (bicyclic) bond motifs is 1. The lowest BCUT2D eigenvalue weighted by Gasteiger charge is -2.09. The van der Waals surface area contributed by atoms with E-state index < -0.39 is 6.04 Å². The van der Waals surface area contributed by atoms with E-state index in [2.05, 4.69) is 23.5 Å². The van der Waals surface area contributed by atoms with Gasteiger partial charge in [-0.25, -0.2) is 0 Å². The summed E-state index contributed by atoms with van der Waals surface area (Å²) in [4.78, 5) is 11.7. The van der Waals surface area contributed by atoms with E-state index in [-0.39, 0.29) is 5.91 Å². The molecular formula is C16H16N2O. The lowest BCUT2D eigenvalue weighted by Crippen LogP contribution is -2.34. The van der Waals surface area contributed by atoms with Gasteiger partial charge in [-0.3, -0.25) is 4.79 Å². The summed E-state index contributed by atoms with van der Waals surface area (Å²) in [5.74, 6) is -0.0915. The van der Waals surface area contributed by atoms with Crippen molar-refractivity contribution in [3.63, 3.8) is 0 Å². The number of carbonyl (C=O) groups excluding carboxylic acids is 1. The highest BCUT2D eigenvalue weighted by atomic mass is 16.2. The van der Waals surface area contributed by atoms with Crippen molar-refractivity contribution in [1.82, 2.24) is 0 Å². The van der Waals surface area contributed by atoms with Gasteiger partial charge in [-0.15, -0.1) is 0 Å². The molecule has 0 bridgehead atoms. The number of rotatable bonds is 1. The molecule has 3 nitrogen and oxygen atoms in total. The Kier molecular flexibility index (Phi) is 3.05. The van der Waals surface area contributed by atoms with E-state index >= 15 is 0 Å². The maximum Gasteiger partial charge on any atom is 0.241 e. The molecule has 3 heteroatoms. The lowest BCUT2D eigenvalue weighted by molar-refractivity contribution is -0.117. The number of nitrogens with two attached hydrogens (primary N) is 1. The Morgan fingerprint density at radius 2 is 1.84 bits per heavy atom. The summed E-state index contributed by atoms with van der Waals surface area (Å²) in [7, 11) is 0. The first kappa shape index (κ1) is 11.9. The van der Waals surface area contributed by atoms with Crippen LogP contribution in [0.5, 0.6) is 0 Å². The molecule has 1 atom stereocenters. The third-order valence-electron chi connectivity index (χ3n) is 3.53. The first-order valence-electron chi connectivity index (χ1n) is 6.49. The molecule has 0 aliphatic carbocycles. The second-order valence-corrected chi connectivity index (χ2v) is 4.87. The number of nitrogens with one attached hydrogen (secondary N) is 1. The predicted molar refractivity (Wildman–Crippen MR) is 76.8 cm³/mol. The molecule has 2 aromatic carbocycles. The normalized spacial score (nSPS) is 18.4. The molecule has 19 heavy (non-hydrogen) atoms. The van der Waals surface area contributed by atoms with Crippen molar-refractivity contribution in [3.05, 3.63) is 54.1 Å². The fourth-order valence-electron chi connectivity index (χ4n) is 2.40. The molecule has 0 radical (unpaired) electrons. The minimum absolute atomic E-state index is 0.0915. The van der Waals surface area contributed by atoms with E-state index in [9.17, 15) is 4.79 Å². The first-order valence-corrected chi connectivity index (χ1v) is 6.49. The largest absolute Gasteiger partial charge is 0.324 e. The molecule has 1 heterocycles. The Morgan fingerprint density at radius 1 is 1.05 bits per heavy atom. The molecule has 3 rings (SSSR count). The van der Waals surface area contributed by atoms with E-state index in [0.717, 1.165) is 17.7 Å². The third kappa shape index (κ3) is 2.37. The standard InChI is InChI=1S/C16H16N2O/c17-14-8-6-13-10-12(11-4-2-1-3-5-11)7-9-15(13)18-16(14)19/h1-5,7,9-10,14H,6,8,17H2,(H,18,19). The number of amides is 1. The smallest absolute Gasteiger partial charge is 0.241 e. The molecule has 1 aliphatic heterocycles. The Hall–Kier alpha value is -2.13. The Morgan fingerprint density at radius 3 is 2.63 bits per heavy atom. The van der Waals surface area contributed by atoms with Crippen molar-refractivity contribution in [1.29, 1.82) is 0 Å². The van der Waals surface area contributed by atoms with Crippen LogP contribution in [0.2, 0.25) is 0 Å². The Balaban J connectivity index is 1.99. The molecule has 2 aromatic rings. The molecule has 0 fully saturated rings. The minimum Gasteiger partial charge on any atom is -0.324 e. The SMILES string of the molecule is NC1CCc2cc(-c3ccccc3)ccc2NC1=O. The van der Waals surface area contributed by atoms with Gasteiger partial charge in [0.15, 0.2) is 0 Å². The van der Waals surface area contributed by atoms with Crippen LogP contribution in [0.15, 0.2) is 48.5 Å². The summed E-state index contributed by atoms with van der Waals surface area (Å²) in [5.41, 5.74) is 10.2. The maximum absolute atomic E-state index is 11.7. The molecule has 1 amide bonds. The molecule has 0 aromatic heterocycles. The average molecular weight is 252 g/mol. The fraction of sp³-hybridized carbons (Fsp3) is 0.188. The van der Waals surface area contributed by atoms with E-state index in [1.807, 2.05) is 30.3 Å². The number of anilines is 1. The van der Waals surface area contributed by atoms with Gasteiger partial charge in [-0.1, -0.05) is 36.4 Å². The van der Waals surface area contributed by atoms with Crippen LogP contribution >= 0.6 is 0 Å². The van der Waals surface area contributed by atoms with Gasteiger partial charge in [-0.05, 0) is 41.7 Å². The van der Waals surface area contributed by atoms with Crippen molar-refractivity contribution in [3.8, 4) is 11.1 Å². The van der Waals surface area contributed by atoms with Crippen molar-refractivity contribution < 1.29 is 4.79 Å². The van der Waals surface area contributed by atoms with Gasteiger partial charge in [0.2, 0.25) is 5.91 Å². The summed E-state index contributed by atoms with van der Waals surface area (Å²) < 4.78 is 0. The third-order valence-corrected chi connectivity index (χ3v) is 3.53. The highest BCUT2D eigenvalue weighted by Crippen LogP contribution is 2.28. The number of hydrogen-bond donors (Lipinski definition) is 2. The van der Waals surface area contributed by atoms with Gasteiger partial charge in [0, 0.05) is 5.69 Å². The van der Waals surface area contributed by atoms with Crippen molar-refractivity contribution >= 4 is 11.6 Å². The summed E-state index contributed by atoms with van der Waals surface area (Å²) in [5, 5.41) is 2.89. The van der Waals surface area contributed by atoms with Gasteiger partial charge in [-0.2, -0.15) is 0 Å². The molecule has 1 unspecified atom stereocenters. The summed E-state index contributed by atoms with van der Waals surface area (Å²) in [6.07, 6.45) is 1.52. The molecule has 3 N–H and O–H groups in total. The summed E-state index contributed by atoms with van der Waals surface area (Å²) in [6, 6.07) is 16.0. The van der Waals surface area contributed by atoms with Crippen LogP contribution in [0.1, 0.15) is 12.0 Å². The first-order chi connectivity index (χ1) is 9.24. The number of hydrogen-bond acceptors (Lipinski definition) is 2. The molecule has 0 spiro atoms. The van der Waals surface area contributed by atoms with E-state index in [0.29, 0.717) is 6.42 Å². The second kappa shape index (κ2) is 4.86. The van der Waals surface area contributed by atoms with Crippen LogP contribution in [0.4, 0.5) is 5.69 Å². The van der Waals surface area contributed by atoms with Crippen molar-refractivity contribution in [2.24, 2.45) is 5.73 Å². The van der Waals surface area contributed by atoms with Crippen LogP contribution in [0.3, 0.4) is 0 Å². The summed E-state index contributed by atoms with van der Waals surface area (Å²) >= 11 is 0. The van der Waals surface area contributed by atoms with Crippen LogP contribution in [0.25, 0.3) is 11.1 Å². The highest BCUT2D eigenvalue weighted by Gasteiger charge is 2.20. The molecule has 0 saturated carbocycles. The van der Waals surface area contributed by atoms with Crippen molar-refractivity contribution in [2.75, 3.05) is 5.32 Å². The van der Waals surface area contributed by atoms with Crippen LogP contribution < -0.4 is 11.1 Å². The van der Waals surface area contributed by atoms with Crippen LogP contribution in [-0.4, -0.2) is 11.9 Å². The van der Waals surface area contributed by atoms with E-state index in [1.54, 1.807) is 0 Å². The highest BCUT2D eigenvalue weighted by molar-refractivity contribution is 5.96. The van der Waals surface area contributed by atoms with Gasteiger partial charge >= 0.3 is 0 Å². The zero-order valence-electron chi connectivity index (χ0n) is 10.6. The molecular weight excluding hydrogens is 236 g/mol. The van der Waals surface area contributed by atoms with E-state index in [4.69, 9.17) is 5.73 Å². The van der Waals surface area contributed by atoms with Gasteiger partial charge < -0.3 is 11.1 Å². The zero-order chi connectivity index (χ0) is 13.2. The number of benzene rings is 2. The van der Waals surface area contributed by atoms with Gasteiger partial charge in [0.05, 0.1) is 6.04 Å². The zero-order valence-corrected chi connectivity index (χ0v) is 10.6. The molecule has 96 valence electrons. The number of carbonyl (C=O) groups is 1. The van der Waals surface area contributed by atoms with Gasteiger partial charge in [0.25, 0.3) is 0 Å². The van der Waals surface area contributed by atoms with Gasteiger partial charge in [0.1, 0.15) is 0 Å². The number of aryl methyl sites for hydroxylation is 1. The quantitative estimate of drug-likeness (QED) is 0.819. The maximum atomic E-state index is 11.7. The topological polar surface area (TPSA) is 55.1 Å². The molecule has 1 aliphatic rings. The fourth-order valence-corrected chi connectivity index (χ4v) is 2.40. The Labute approximate surface area is 112 Å². The average Bonchev–Trinajstić information content (AvgIpc) is 2.59. The minimum atomic E-state index is -0.410. The van der Waals surface area contributed by atoms with Crippen molar-refractivity contribution in [2.45, 2.75) is 18.9 Å². The predicted octanol–water partition coefficient (Wildman–Crippen LogP) is 2.57. The summed E-state index contributed by atoms with van der Waals surface area (Å²) in [6.45, 7) is 0. The lowest BCUT2D eigenvalue weighted by atomic mass is 9.99. The van der Waals surface area contributed by atoms with Crippen LogP contribution in [0, 0.1) is 0 Å². The Bertz CT molecular complexity index is 607. The second-order valence-electron chi connectivity index (χ2n) is 4.87. The van der Waals surface area contributed by atoms with Crippen LogP contribution in [-0.2, 0) is 11.2 Å². The van der Waals surface area contributed by atoms with E-state index in [1.165, 1.54) is 11.1 Å².